The smallest absolute Gasteiger partial charge is 0.212 e. The summed E-state index contributed by atoms with van der Waals surface area (Å²) in [5, 5.41) is 0. The first-order valence-electron chi connectivity index (χ1n) is 3.66. The Labute approximate surface area is 84.9 Å². The van der Waals surface area contributed by atoms with Crippen LogP contribution in [0.25, 0.3) is 0 Å². The molecule has 0 aromatic heterocycles. The van der Waals surface area contributed by atoms with Crippen molar-refractivity contribution in [2.24, 2.45) is 0 Å². The number of hydrogen-bond donors (Lipinski definition) is 0. The van der Waals surface area contributed by atoms with Crippen LogP contribution in [0, 0.1) is 18.6 Å². The van der Waals surface area contributed by atoms with E-state index in [-0.39, 0.29) is 11.1 Å². The Morgan fingerprint density at radius 3 is 2.36 bits per heavy atom. The van der Waals surface area contributed by atoms with E-state index < -0.39 is 26.4 Å². The minimum Gasteiger partial charge on any atom is -0.212 e. The van der Waals surface area contributed by atoms with Crippen LogP contribution < -0.4 is 0 Å². The minimum absolute atomic E-state index is 0.0558. The summed E-state index contributed by atoms with van der Waals surface area (Å²) in [4.78, 5) is 0. The summed E-state index contributed by atoms with van der Waals surface area (Å²) in [6, 6.07) is 2.07. The summed E-state index contributed by atoms with van der Waals surface area (Å²) in [6.45, 7) is 1.35. The lowest BCUT2D eigenvalue weighted by molar-refractivity contribution is 0.502. The van der Waals surface area contributed by atoms with Crippen LogP contribution in [-0.2, 0) is 14.8 Å². The van der Waals surface area contributed by atoms with Crippen LogP contribution in [0.15, 0.2) is 12.1 Å². The minimum atomic E-state index is -3.74. The summed E-state index contributed by atoms with van der Waals surface area (Å²) in [6.07, 6.45) is 0. The third-order valence-corrected chi connectivity index (χ3v) is 2.61. The van der Waals surface area contributed by atoms with Gasteiger partial charge in [-0.15, -0.1) is 0 Å². The monoisotopic (exact) mass is 240 g/mol. The molecule has 1 aromatic rings. The lowest BCUT2D eigenvalue weighted by Gasteiger charge is -2.02. The molecule has 0 aliphatic carbocycles. The van der Waals surface area contributed by atoms with Gasteiger partial charge in [0, 0.05) is 10.7 Å². The standard InChI is InChI=1S/C8H7ClF2O2S/c1-5-2-6(4-14(9,12)13)3-7(10)8(5)11/h2-3H,4H2,1H3. The van der Waals surface area contributed by atoms with E-state index in [1.54, 1.807) is 0 Å². The lowest BCUT2D eigenvalue weighted by atomic mass is 10.1. The SMILES string of the molecule is Cc1cc(CS(=O)(=O)Cl)cc(F)c1F. The highest BCUT2D eigenvalue weighted by molar-refractivity contribution is 8.13. The Hall–Kier alpha value is -0.680. The third-order valence-electron chi connectivity index (χ3n) is 1.61. The molecule has 0 saturated carbocycles. The van der Waals surface area contributed by atoms with E-state index in [1.165, 1.54) is 13.0 Å². The Balaban J connectivity index is 3.14. The second kappa shape index (κ2) is 3.82. The van der Waals surface area contributed by atoms with Crippen molar-refractivity contribution in [2.45, 2.75) is 12.7 Å². The molecule has 0 radical (unpaired) electrons. The zero-order valence-corrected chi connectivity index (χ0v) is 8.79. The summed E-state index contributed by atoms with van der Waals surface area (Å²) in [5.41, 5.74) is 0.191. The van der Waals surface area contributed by atoms with Gasteiger partial charge in [0.2, 0.25) is 9.05 Å². The highest BCUT2D eigenvalue weighted by Gasteiger charge is 2.12. The van der Waals surface area contributed by atoms with Gasteiger partial charge in [-0.05, 0) is 24.1 Å². The summed E-state index contributed by atoms with van der Waals surface area (Å²) < 4.78 is 46.9. The van der Waals surface area contributed by atoms with Crippen LogP contribution in [0.2, 0.25) is 0 Å². The summed E-state index contributed by atoms with van der Waals surface area (Å²) in [5.74, 6) is -2.55. The first-order valence-corrected chi connectivity index (χ1v) is 6.14. The zero-order valence-electron chi connectivity index (χ0n) is 7.22. The Kier molecular flexibility index (Phi) is 3.11. The van der Waals surface area contributed by atoms with Gasteiger partial charge in [-0.3, -0.25) is 0 Å². The molecule has 0 saturated heterocycles. The predicted octanol–water partition coefficient (Wildman–Crippen LogP) is 2.34. The van der Waals surface area contributed by atoms with Crippen molar-refractivity contribution >= 4 is 19.7 Å². The van der Waals surface area contributed by atoms with E-state index in [9.17, 15) is 17.2 Å². The first-order chi connectivity index (χ1) is 6.29. The second-order valence-corrected chi connectivity index (χ2v) is 5.67. The zero-order chi connectivity index (χ0) is 10.9. The van der Waals surface area contributed by atoms with Crippen LogP contribution in [-0.4, -0.2) is 8.42 Å². The molecule has 0 aliphatic rings. The van der Waals surface area contributed by atoms with Crippen LogP contribution in [0.5, 0.6) is 0 Å². The fourth-order valence-corrected chi connectivity index (χ4v) is 2.02. The highest BCUT2D eigenvalue weighted by atomic mass is 35.7. The van der Waals surface area contributed by atoms with Gasteiger partial charge in [0.05, 0.1) is 5.75 Å². The fraction of sp³-hybridized carbons (Fsp3) is 0.250. The van der Waals surface area contributed by atoms with Crippen molar-refractivity contribution < 1.29 is 17.2 Å². The van der Waals surface area contributed by atoms with E-state index in [2.05, 4.69) is 0 Å². The topological polar surface area (TPSA) is 34.1 Å². The molecule has 0 unspecified atom stereocenters. The molecule has 1 aromatic carbocycles. The van der Waals surface area contributed by atoms with Gasteiger partial charge in [-0.2, -0.15) is 0 Å². The fourth-order valence-electron chi connectivity index (χ4n) is 1.08. The predicted molar refractivity (Wildman–Crippen MR) is 49.6 cm³/mol. The normalized spacial score (nSPS) is 11.7. The Morgan fingerprint density at radius 1 is 1.36 bits per heavy atom. The van der Waals surface area contributed by atoms with Gasteiger partial charge in [-0.1, -0.05) is 6.07 Å². The molecule has 6 heteroatoms. The molecule has 0 spiro atoms. The molecule has 0 aliphatic heterocycles. The van der Waals surface area contributed by atoms with Gasteiger partial charge in [-0.25, -0.2) is 17.2 Å². The van der Waals surface area contributed by atoms with Crippen molar-refractivity contribution in [3.05, 3.63) is 34.9 Å². The maximum atomic E-state index is 12.8. The molecule has 78 valence electrons. The second-order valence-electron chi connectivity index (χ2n) is 2.89. The summed E-state index contributed by atoms with van der Waals surface area (Å²) >= 11 is 0. The van der Waals surface area contributed by atoms with E-state index in [0.29, 0.717) is 0 Å². The lowest BCUT2D eigenvalue weighted by Crippen LogP contribution is -1.98. The number of benzene rings is 1. The van der Waals surface area contributed by atoms with E-state index in [0.717, 1.165) is 6.07 Å². The molecular formula is C8H7ClF2O2S. The molecule has 0 N–H and O–H groups in total. The van der Waals surface area contributed by atoms with Crippen molar-refractivity contribution in [2.75, 3.05) is 0 Å². The molecule has 14 heavy (non-hydrogen) atoms. The van der Waals surface area contributed by atoms with Crippen molar-refractivity contribution in [3.8, 4) is 0 Å². The van der Waals surface area contributed by atoms with Crippen LogP contribution in [0.3, 0.4) is 0 Å². The van der Waals surface area contributed by atoms with Crippen LogP contribution >= 0.6 is 10.7 Å². The van der Waals surface area contributed by atoms with Gasteiger partial charge >= 0.3 is 0 Å². The number of rotatable bonds is 2. The number of aryl methyl sites for hydroxylation is 1. The first kappa shape index (κ1) is 11.4. The van der Waals surface area contributed by atoms with Crippen LogP contribution in [0.4, 0.5) is 8.78 Å². The number of hydrogen-bond acceptors (Lipinski definition) is 2. The quantitative estimate of drug-likeness (QED) is 0.744. The molecule has 0 atom stereocenters. The molecule has 0 fully saturated rings. The Morgan fingerprint density at radius 2 is 1.93 bits per heavy atom. The van der Waals surface area contributed by atoms with Crippen molar-refractivity contribution in [3.63, 3.8) is 0 Å². The maximum Gasteiger partial charge on any atom is 0.236 e. The third kappa shape index (κ3) is 2.92. The van der Waals surface area contributed by atoms with E-state index in [1.807, 2.05) is 0 Å². The maximum absolute atomic E-state index is 12.8. The van der Waals surface area contributed by atoms with Gasteiger partial charge in [0.25, 0.3) is 0 Å². The van der Waals surface area contributed by atoms with Gasteiger partial charge in [0.15, 0.2) is 11.6 Å². The van der Waals surface area contributed by atoms with Gasteiger partial charge < -0.3 is 0 Å². The van der Waals surface area contributed by atoms with Crippen LogP contribution in [0.1, 0.15) is 11.1 Å². The Bertz CT molecular complexity index is 433. The van der Waals surface area contributed by atoms with Gasteiger partial charge in [0.1, 0.15) is 0 Å². The molecule has 2 nitrogen and oxygen atoms in total. The van der Waals surface area contributed by atoms with Crippen molar-refractivity contribution in [1.29, 1.82) is 0 Å². The number of halogens is 3. The average Bonchev–Trinajstić information content (AvgIpc) is 1.96. The van der Waals surface area contributed by atoms with Crippen molar-refractivity contribution in [1.82, 2.24) is 0 Å². The highest BCUT2D eigenvalue weighted by Crippen LogP contribution is 2.17. The molecular weight excluding hydrogens is 234 g/mol. The molecule has 1 rings (SSSR count). The molecule has 0 bridgehead atoms. The largest absolute Gasteiger partial charge is 0.236 e. The molecule has 0 amide bonds. The average molecular weight is 241 g/mol. The summed E-state index contributed by atoms with van der Waals surface area (Å²) in [7, 11) is 1.23. The molecule has 0 heterocycles. The van der Waals surface area contributed by atoms with E-state index in [4.69, 9.17) is 10.7 Å². The van der Waals surface area contributed by atoms with E-state index >= 15 is 0 Å².